The van der Waals surface area contributed by atoms with Gasteiger partial charge in [-0.15, -0.1) is 0 Å². The molecule has 0 fully saturated rings. The number of benzene rings is 2. The van der Waals surface area contributed by atoms with Crippen molar-refractivity contribution in [1.29, 1.82) is 5.26 Å². The van der Waals surface area contributed by atoms with Crippen LogP contribution in [-0.2, 0) is 7.05 Å². The molecule has 3 rings (SSSR count). The van der Waals surface area contributed by atoms with Crippen molar-refractivity contribution >= 4 is 34.2 Å². The molecule has 2 aromatic carbocycles. The van der Waals surface area contributed by atoms with Gasteiger partial charge in [0.25, 0.3) is 0 Å². The minimum absolute atomic E-state index is 0.480. The maximum atomic E-state index is 8.97. The van der Waals surface area contributed by atoms with E-state index in [0.717, 1.165) is 22.4 Å². The fraction of sp³-hybridized carbons (Fsp3) is 0.0667. The molecular formula is C15H9Cl2N3. The van der Waals surface area contributed by atoms with Gasteiger partial charge in [0.05, 0.1) is 32.7 Å². The van der Waals surface area contributed by atoms with Crippen LogP contribution in [0.25, 0.3) is 22.4 Å². The van der Waals surface area contributed by atoms with Gasteiger partial charge in [-0.1, -0.05) is 29.3 Å². The molecule has 0 N–H and O–H groups in total. The lowest BCUT2D eigenvalue weighted by molar-refractivity contribution is 0.959. The zero-order valence-electron chi connectivity index (χ0n) is 10.6. The number of halogens is 2. The molecule has 0 saturated carbocycles. The summed E-state index contributed by atoms with van der Waals surface area (Å²) in [5, 5.41) is 9.95. The minimum atomic E-state index is 0.480. The maximum absolute atomic E-state index is 8.97. The highest BCUT2D eigenvalue weighted by atomic mass is 35.5. The number of hydrogen-bond donors (Lipinski definition) is 0. The summed E-state index contributed by atoms with van der Waals surface area (Å²) in [5.74, 6) is 0.725. The van der Waals surface area contributed by atoms with Crippen LogP contribution in [0.4, 0.5) is 0 Å². The zero-order chi connectivity index (χ0) is 14.3. The number of nitrogens with zero attached hydrogens (tertiary/aromatic N) is 3. The van der Waals surface area contributed by atoms with Crippen molar-refractivity contribution in [3.05, 3.63) is 52.0 Å². The molecule has 0 aliphatic carbocycles. The molecule has 0 spiro atoms. The van der Waals surface area contributed by atoms with Crippen LogP contribution in [0.1, 0.15) is 5.56 Å². The predicted molar refractivity (Wildman–Crippen MR) is 80.9 cm³/mol. The van der Waals surface area contributed by atoms with Gasteiger partial charge in [0.1, 0.15) is 5.82 Å². The Hall–Kier alpha value is -2.02. The van der Waals surface area contributed by atoms with E-state index in [1.54, 1.807) is 12.1 Å². The molecule has 1 heterocycles. The molecule has 0 unspecified atom stereocenters. The van der Waals surface area contributed by atoms with E-state index >= 15 is 0 Å². The van der Waals surface area contributed by atoms with Crippen LogP contribution in [-0.4, -0.2) is 9.55 Å². The molecular weight excluding hydrogens is 293 g/mol. The van der Waals surface area contributed by atoms with E-state index in [1.165, 1.54) is 0 Å². The number of hydrogen-bond acceptors (Lipinski definition) is 2. The maximum Gasteiger partial charge on any atom is 0.142 e. The van der Waals surface area contributed by atoms with Crippen LogP contribution in [0.15, 0.2) is 36.4 Å². The van der Waals surface area contributed by atoms with Crippen LogP contribution in [0.2, 0.25) is 10.0 Å². The van der Waals surface area contributed by atoms with Crippen LogP contribution < -0.4 is 0 Å². The standard InChI is InChI=1S/C15H9Cl2N3/c1-20-13-7-9(8-18)5-6-12(13)19-15(20)10-3-2-4-11(16)14(10)17/h2-7H,1H3. The molecule has 0 aliphatic heterocycles. The first-order chi connectivity index (χ1) is 9.61. The molecule has 98 valence electrons. The lowest BCUT2D eigenvalue weighted by atomic mass is 10.2. The zero-order valence-corrected chi connectivity index (χ0v) is 12.1. The molecule has 0 saturated heterocycles. The van der Waals surface area contributed by atoms with Gasteiger partial charge in [-0.3, -0.25) is 0 Å². The predicted octanol–water partition coefficient (Wildman–Crippen LogP) is 4.42. The molecule has 0 amide bonds. The second-order valence-corrected chi connectivity index (χ2v) is 5.20. The quantitative estimate of drug-likeness (QED) is 0.667. The number of rotatable bonds is 1. The van der Waals surface area contributed by atoms with Gasteiger partial charge in [-0.2, -0.15) is 5.26 Å². The Bertz CT molecular complexity index is 859. The third-order valence-corrected chi connectivity index (χ3v) is 4.02. The van der Waals surface area contributed by atoms with Crippen molar-refractivity contribution in [3.63, 3.8) is 0 Å². The Balaban J connectivity index is 2.30. The first-order valence-electron chi connectivity index (χ1n) is 5.93. The summed E-state index contributed by atoms with van der Waals surface area (Å²) < 4.78 is 1.91. The molecule has 0 radical (unpaired) electrons. The lowest BCUT2D eigenvalue weighted by Gasteiger charge is -2.06. The number of nitriles is 1. The highest BCUT2D eigenvalue weighted by Crippen LogP contribution is 2.34. The van der Waals surface area contributed by atoms with Crippen molar-refractivity contribution in [2.45, 2.75) is 0 Å². The van der Waals surface area contributed by atoms with E-state index in [-0.39, 0.29) is 0 Å². The highest BCUT2D eigenvalue weighted by molar-refractivity contribution is 6.43. The third kappa shape index (κ3) is 1.94. The van der Waals surface area contributed by atoms with Crippen LogP contribution in [0, 0.1) is 11.3 Å². The van der Waals surface area contributed by atoms with Crippen molar-refractivity contribution < 1.29 is 0 Å². The fourth-order valence-corrected chi connectivity index (χ4v) is 2.56. The largest absolute Gasteiger partial charge is 0.327 e. The molecule has 3 nitrogen and oxygen atoms in total. The Morgan fingerprint density at radius 3 is 2.75 bits per heavy atom. The van der Waals surface area contributed by atoms with Crippen molar-refractivity contribution in [2.75, 3.05) is 0 Å². The first-order valence-corrected chi connectivity index (χ1v) is 6.68. The van der Waals surface area contributed by atoms with Crippen LogP contribution >= 0.6 is 23.2 Å². The molecule has 0 atom stereocenters. The van der Waals surface area contributed by atoms with Crippen molar-refractivity contribution in [3.8, 4) is 17.5 Å². The average Bonchev–Trinajstić information content (AvgIpc) is 2.78. The second-order valence-electron chi connectivity index (χ2n) is 4.41. The molecule has 5 heteroatoms. The number of aryl methyl sites for hydroxylation is 1. The smallest absolute Gasteiger partial charge is 0.142 e. The SMILES string of the molecule is Cn1c(-c2cccc(Cl)c2Cl)nc2ccc(C#N)cc21. The summed E-state index contributed by atoms with van der Waals surface area (Å²) in [6.45, 7) is 0. The Labute approximate surface area is 126 Å². The second kappa shape index (κ2) is 4.82. The van der Waals surface area contributed by atoms with Gasteiger partial charge in [0, 0.05) is 12.6 Å². The number of fused-ring (bicyclic) bond motifs is 1. The summed E-state index contributed by atoms with van der Waals surface area (Å²) in [6, 6.07) is 13.0. The van der Waals surface area contributed by atoms with Crippen molar-refractivity contribution in [2.24, 2.45) is 7.05 Å². The van der Waals surface area contributed by atoms with E-state index in [1.807, 2.05) is 35.9 Å². The van der Waals surface area contributed by atoms with E-state index < -0.39 is 0 Å². The molecule has 1 aromatic heterocycles. The van der Waals surface area contributed by atoms with E-state index in [2.05, 4.69) is 11.1 Å². The highest BCUT2D eigenvalue weighted by Gasteiger charge is 2.14. The summed E-state index contributed by atoms with van der Waals surface area (Å²) >= 11 is 12.3. The van der Waals surface area contributed by atoms with Crippen LogP contribution in [0.3, 0.4) is 0 Å². The Kier molecular flexibility index (Phi) is 3.13. The first kappa shape index (κ1) is 13.0. The van der Waals surface area contributed by atoms with E-state index in [4.69, 9.17) is 28.5 Å². The molecule has 3 aromatic rings. The van der Waals surface area contributed by atoms with Gasteiger partial charge in [0.2, 0.25) is 0 Å². The monoisotopic (exact) mass is 301 g/mol. The minimum Gasteiger partial charge on any atom is -0.327 e. The molecule has 0 bridgehead atoms. The van der Waals surface area contributed by atoms with Gasteiger partial charge >= 0.3 is 0 Å². The van der Waals surface area contributed by atoms with Crippen molar-refractivity contribution in [1.82, 2.24) is 9.55 Å². The van der Waals surface area contributed by atoms with Gasteiger partial charge in [-0.25, -0.2) is 4.98 Å². The molecule has 20 heavy (non-hydrogen) atoms. The summed E-state index contributed by atoms with van der Waals surface area (Å²) in [4.78, 5) is 4.57. The molecule has 0 aliphatic rings. The van der Waals surface area contributed by atoms with Crippen LogP contribution in [0.5, 0.6) is 0 Å². The van der Waals surface area contributed by atoms with E-state index in [0.29, 0.717) is 15.6 Å². The Morgan fingerprint density at radius 1 is 1.20 bits per heavy atom. The van der Waals surface area contributed by atoms with Gasteiger partial charge in [-0.05, 0) is 30.3 Å². The normalized spacial score (nSPS) is 10.7. The van der Waals surface area contributed by atoms with Gasteiger partial charge in [0.15, 0.2) is 0 Å². The number of aromatic nitrogens is 2. The lowest BCUT2D eigenvalue weighted by Crippen LogP contribution is -1.93. The topological polar surface area (TPSA) is 41.6 Å². The summed E-state index contributed by atoms with van der Waals surface area (Å²) in [5.41, 5.74) is 3.08. The third-order valence-electron chi connectivity index (χ3n) is 3.20. The Morgan fingerprint density at radius 2 is 2.00 bits per heavy atom. The average molecular weight is 302 g/mol. The number of imidazole rings is 1. The summed E-state index contributed by atoms with van der Waals surface area (Å²) in [6.07, 6.45) is 0. The van der Waals surface area contributed by atoms with E-state index in [9.17, 15) is 0 Å². The summed E-state index contributed by atoms with van der Waals surface area (Å²) in [7, 11) is 1.89. The fourth-order valence-electron chi connectivity index (χ4n) is 2.18. The van der Waals surface area contributed by atoms with Gasteiger partial charge < -0.3 is 4.57 Å².